The average Bonchev–Trinajstić information content (AvgIpc) is 3.08. The van der Waals surface area contributed by atoms with Crippen molar-refractivity contribution in [3.05, 3.63) is 69.8 Å². The van der Waals surface area contributed by atoms with Gasteiger partial charge >= 0.3 is 11.7 Å². The van der Waals surface area contributed by atoms with Crippen molar-refractivity contribution in [2.45, 2.75) is 51.7 Å². The molecule has 1 aromatic carbocycles. The number of imide groups is 1. The number of amides is 3. The number of aromatic nitrogens is 1. The number of ether oxygens (including phenoxy) is 1. The molecule has 2 aromatic heterocycles. The van der Waals surface area contributed by atoms with Crippen LogP contribution in [0.1, 0.15) is 49.8 Å². The molecule has 9 heteroatoms. The number of unbranched alkanes of at least 4 members (excludes halogenated alkanes) is 1. The number of pyridine rings is 1. The lowest BCUT2D eigenvalue weighted by Gasteiger charge is -2.21. The van der Waals surface area contributed by atoms with Crippen LogP contribution >= 0.6 is 0 Å². The molecule has 0 saturated carbocycles. The highest BCUT2D eigenvalue weighted by atomic mass is 19.1. The number of aryl methyl sites for hydroxylation is 1. The summed E-state index contributed by atoms with van der Waals surface area (Å²) in [7, 11) is 0. The normalized spacial score (nSPS) is 17.7. The van der Waals surface area contributed by atoms with Gasteiger partial charge in [0, 0.05) is 47.1 Å². The van der Waals surface area contributed by atoms with Crippen LogP contribution in [0.5, 0.6) is 5.75 Å². The molecule has 1 N–H and O–H groups in total. The van der Waals surface area contributed by atoms with Gasteiger partial charge in [-0.15, -0.1) is 0 Å². The number of carbonyl (C=O) groups is 2. The number of hydrogen-bond acceptors (Lipinski definition) is 6. The van der Waals surface area contributed by atoms with Crippen molar-refractivity contribution in [3.63, 3.8) is 0 Å². The topological polar surface area (TPSA) is 102 Å². The average molecular weight is 482 g/mol. The molecule has 0 spiro atoms. The molecule has 8 nitrogen and oxygen atoms in total. The molecule has 1 aliphatic heterocycles. The largest absolute Gasteiger partial charge is 0.493 e. The molecular weight excluding hydrogens is 453 g/mol. The zero-order valence-electron chi connectivity index (χ0n) is 19.8. The minimum atomic E-state index is -1.13. The molecule has 1 saturated heterocycles. The quantitative estimate of drug-likeness (QED) is 0.264. The van der Waals surface area contributed by atoms with Crippen LogP contribution in [0.4, 0.5) is 9.18 Å². The summed E-state index contributed by atoms with van der Waals surface area (Å²) >= 11 is 0. The minimum absolute atomic E-state index is 0.262. The predicted octanol–water partition coefficient (Wildman–Crippen LogP) is 4.24. The summed E-state index contributed by atoms with van der Waals surface area (Å²) in [5, 5.41) is 3.34. The third kappa shape index (κ3) is 4.76. The number of nitrogens with one attached hydrogen (secondary N) is 1. The molecule has 1 atom stereocenters. The SMILES string of the molecule is CCCc1c(OCCCCN2C(=O)NC(C)(c3cccnc3)C2=O)ccc2c(CF)cc(=O)oc12. The van der Waals surface area contributed by atoms with E-state index in [9.17, 15) is 18.8 Å². The molecule has 1 unspecified atom stereocenters. The zero-order chi connectivity index (χ0) is 25.0. The Bertz CT molecular complexity index is 1290. The van der Waals surface area contributed by atoms with Crippen molar-refractivity contribution in [2.24, 2.45) is 0 Å². The van der Waals surface area contributed by atoms with Gasteiger partial charge in [-0.1, -0.05) is 19.4 Å². The molecule has 35 heavy (non-hydrogen) atoms. The summed E-state index contributed by atoms with van der Waals surface area (Å²) in [5.74, 6) is 0.271. The Hall–Kier alpha value is -3.75. The number of nitrogens with zero attached hydrogens (tertiary/aromatic N) is 2. The Morgan fingerprint density at radius 2 is 2.03 bits per heavy atom. The lowest BCUT2D eigenvalue weighted by atomic mass is 9.93. The van der Waals surface area contributed by atoms with Gasteiger partial charge in [0.1, 0.15) is 23.5 Å². The molecule has 0 aliphatic carbocycles. The third-order valence-electron chi connectivity index (χ3n) is 6.25. The monoisotopic (exact) mass is 481 g/mol. The van der Waals surface area contributed by atoms with Gasteiger partial charge in [-0.3, -0.25) is 14.7 Å². The third-order valence-corrected chi connectivity index (χ3v) is 6.25. The summed E-state index contributed by atoms with van der Waals surface area (Å²) in [6, 6.07) is 7.70. The van der Waals surface area contributed by atoms with Gasteiger partial charge in [0.25, 0.3) is 5.91 Å². The summed E-state index contributed by atoms with van der Waals surface area (Å²) in [5.41, 5.74) is 0.298. The lowest BCUT2D eigenvalue weighted by Crippen LogP contribution is -2.41. The predicted molar refractivity (Wildman–Crippen MR) is 128 cm³/mol. The lowest BCUT2D eigenvalue weighted by molar-refractivity contribution is -0.131. The number of halogens is 1. The van der Waals surface area contributed by atoms with E-state index in [1.165, 1.54) is 11.0 Å². The summed E-state index contributed by atoms with van der Waals surface area (Å²) in [4.78, 5) is 42.6. The first-order valence-corrected chi connectivity index (χ1v) is 11.7. The van der Waals surface area contributed by atoms with Gasteiger partial charge in [-0.25, -0.2) is 14.0 Å². The number of rotatable bonds is 10. The van der Waals surface area contributed by atoms with Crippen LogP contribution < -0.4 is 15.7 Å². The standard InChI is InChI=1S/C26H28FN3O5/c1-3-7-20-21(10-9-19-17(15-27)14-22(31)35-23(19)20)34-13-5-4-12-30-24(32)26(2,29-25(30)33)18-8-6-11-28-16-18/h6,8-11,14,16H,3-5,7,12-13,15H2,1-2H3,(H,29,33). The molecule has 3 amide bonds. The Labute approximate surface area is 202 Å². The molecular formula is C26H28FN3O5. The Kier molecular flexibility index (Phi) is 7.14. The Morgan fingerprint density at radius 1 is 1.20 bits per heavy atom. The maximum Gasteiger partial charge on any atom is 0.336 e. The van der Waals surface area contributed by atoms with E-state index in [-0.39, 0.29) is 12.5 Å². The van der Waals surface area contributed by atoms with Gasteiger partial charge in [0.15, 0.2) is 0 Å². The zero-order valence-corrected chi connectivity index (χ0v) is 19.8. The molecule has 1 fully saturated rings. The second-order valence-corrected chi connectivity index (χ2v) is 8.70. The first kappa shape index (κ1) is 24.4. The second-order valence-electron chi connectivity index (χ2n) is 8.70. The molecule has 0 bridgehead atoms. The van der Waals surface area contributed by atoms with Crippen LogP contribution in [0.15, 0.2) is 51.9 Å². The van der Waals surface area contributed by atoms with E-state index in [4.69, 9.17) is 9.15 Å². The fourth-order valence-electron chi connectivity index (χ4n) is 4.37. The molecule has 1 aliphatic rings. The summed E-state index contributed by atoms with van der Waals surface area (Å²) in [6.45, 7) is 3.53. The number of fused-ring (bicyclic) bond motifs is 1. The fourth-order valence-corrected chi connectivity index (χ4v) is 4.37. The maximum absolute atomic E-state index is 13.4. The van der Waals surface area contributed by atoms with Crippen molar-refractivity contribution in [2.75, 3.05) is 13.2 Å². The Morgan fingerprint density at radius 3 is 2.74 bits per heavy atom. The number of carbonyl (C=O) groups excluding carboxylic acids is 2. The van der Waals surface area contributed by atoms with Crippen LogP contribution in [0, 0.1) is 0 Å². The van der Waals surface area contributed by atoms with Gasteiger partial charge < -0.3 is 14.5 Å². The van der Waals surface area contributed by atoms with Gasteiger partial charge in [-0.05, 0) is 44.4 Å². The first-order chi connectivity index (χ1) is 16.9. The smallest absolute Gasteiger partial charge is 0.336 e. The highest BCUT2D eigenvalue weighted by Crippen LogP contribution is 2.31. The molecule has 0 radical (unpaired) electrons. The van der Waals surface area contributed by atoms with Crippen LogP contribution in [0.2, 0.25) is 0 Å². The van der Waals surface area contributed by atoms with E-state index in [0.717, 1.165) is 12.0 Å². The summed E-state index contributed by atoms with van der Waals surface area (Å²) in [6.07, 6.45) is 5.74. The van der Waals surface area contributed by atoms with Gasteiger partial charge in [0.05, 0.1) is 6.61 Å². The number of alkyl halides is 1. The van der Waals surface area contributed by atoms with Crippen LogP contribution in [-0.4, -0.2) is 35.0 Å². The van der Waals surface area contributed by atoms with Gasteiger partial charge in [0.2, 0.25) is 0 Å². The van der Waals surface area contributed by atoms with Crippen molar-refractivity contribution in [3.8, 4) is 5.75 Å². The number of hydrogen-bond donors (Lipinski definition) is 1. The van der Waals surface area contributed by atoms with Crippen LogP contribution in [0.25, 0.3) is 11.0 Å². The van der Waals surface area contributed by atoms with Crippen LogP contribution in [0.3, 0.4) is 0 Å². The number of benzene rings is 1. The fraction of sp³-hybridized carbons (Fsp3) is 0.385. The van der Waals surface area contributed by atoms with E-state index in [0.29, 0.717) is 53.7 Å². The molecule has 3 aromatic rings. The minimum Gasteiger partial charge on any atom is -0.493 e. The van der Waals surface area contributed by atoms with Gasteiger partial charge in [-0.2, -0.15) is 0 Å². The highest BCUT2D eigenvalue weighted by molar-refractivity contribution is 6.07. The van der Waals surface area contributed by atoms with E-state index < -0.39 is 23.9 Å². The molecule has 4 rings (SSSR count). The van der Waals surface area contributed by atoms with Crippen molar-refractivity contribution >= 4 is 22.9 Å². The first-order valence-electron chi connectivity index (χ1n) is 11.7. The van der Waals surface area contributed by atoms with Crippen molar-refractivity contribution in [1.82, 2.24) is 15.2 Å². The van der Waals surface area contributed by atoms with E-state index in [2.05, 4.69) is 10.3 Å². The van der Waals surface area contributed by atoms with Crippen LogP contribution in [-0.2, 0) is 23.4 Å². The second kappa shape index (κ2) is 10.2. The highest BCUT2D eigenvalue weighted by Gasteiger charge is 2.48. The van der Waals surface area contributed by atoms with E-state index >= 15 is 0 Å². The Balaban J connectivity index is 1.39. The summed E-state index contributed by atoms with van der Waals surface area (Å²) < 4.78 is 24.8. The number of urea groups is 1. The van der Waals surface area contributed by atoms with Crippen molar-refractivity contribution < 1.29 is 23.1 Å². The maximum atomic E-state index is 13.4. The molecule has 3 heterocycles. The van der Waals surface area contributed by atoms with E-state index in [1.54, 1.807) is 43.6 Å². The molecule has 184 valence electrons. The van der Waals surface area contributed by atoms with Crippen molar-refractivity contribution in [1.29, 1.82) is 0 Å². The van der Waals surface area contributed by atoms with E-state index in [1.807, 2.05) is 6.92 Å².